The number of nitrogens with one attached hydrogen (secondary N) is 2. The molecule has 5 heteroatoms. The average Bonchev–Trinajstić information content (AvgIpc) is 2.44. The van der Waals surface area contributed by atoms with Gasteiger partial charge in [0.15, 0.2) is 0 Å². The largest absolute Gasteiger partial charge is 0.381 e. The normalized spacial score (nSPS) is 16.5. The molecule has 0 bridgehead atoms. The maximum absolute atomic E-state index is 5.35. The Morgan fingerprint density at radius 2 is 1.94 bits per heavy atom. The van der Waals surface area contributed by atoms with Crippen LogP contribution in [-0.2, 0) is 4.74 Å². The van der Waals surface area contributed by atoms with Crippen LogP contribution in [0.25, 0.3) is 0 Å². The fourth-order valence-corrected chi connectivity index (χ4v) is 2.00. The molecule has 2 rings (SSSR count). The predicted molar refractivity (Wildman–Crippen MR) is 72.8 cm³/mol. The van der Waals surface area contributed by atoms with Crippen LogP contribution in [0, 0.1) is 5.92 Å². The minimum Gasteiger partial charge on any atom is -0.381 e. The molecule has 0 atom stereocenters. The average molecular weight is 250 g/mol. The van der Waals surface area contributed by atoms with E-state index in [0.29, 0.717) is 5.92 Å². The van der Waals surface area contributed by atoms with Gasteiger partial charge in [0.1, 0.15) is 18.0 Å². The SMILES string of the molecule is CCCNc1cc(NCC2CCOCC2)ncn1. The van der Waals surface area contributed by atoms with E-state index in [2.05, 4.69) is 27.5 Å². The zero-order chi connectivity index (χ0) is 12.6. The third-order valence-corrected chi connectivity index (χ3v) is 3.14. The molecular weight excluding hydrogens is 228 g/mol. The van der Waals surface area contributed by atoms with Crippen molar-refractivity contribution in [1.29, 1.82) is 0 Å². The fourth-order valence-electron chi connectivity index (χ4n) is 2.00. The molecule has 1 aromatic heterocycles. The highest BCUT2D eigenvalue weighted by Gasteiger charge is 2.13. The van der Waals surface area contributed by atoms with E-state index < -0.39 is 0 Å². The Labute approximate surface area is 108 Å². The zero-order valence-electron chi connectivity index (χ0n) is 11.0. The molecule has 0 spiro atoms. The van der Waals surface area contributed by atoms with E-state index >= 15 is 0 Å². The lowest BCUT2D eigenvalue weighted by Gasteiger charge is -2.22. The van der Waals surface area contributed by atoms with Crippen LogP contribution in [-0.4, -0.2) is 36.3 Å². The molecule has 0 aromatic carbocycles. The molecular formula is C13H22N4O. The van der Waals surface area contributed by atoms with Gasteiger partial charge in [0.2, 0.25) is 0 Å². The molecule has 18 heavy (non-hydrogen) atoms. The first-order chi connectivity index (χ1) is 8.88. The molecule has 1 aliphatic rings. The topological polar surface area (TPSA) is 59.1 Å². The molecule has 2 N–H and O–H groups in total. The van der Waals surface area contributed by atoms with Crippen LogP contribution in [0.4, 0.5) is 11.6 Å². The lowest BCUT2D eigenvalue weighted by atomic mass is 10.0. The number of hydrogen-bond donors (Lipinski definition) is 2. The Balaban J connectivity index is 1.80. The summed E-state index contributed by atoms with van der Waals surface area (Å²) in [5.74, 6) is 2.48. The third kappa shape index (κ3) is 4.14. The Morgan fingerprint density at radius 1 is 1.22 bits per heavy atom. The van der Waals surface area contributed by atoms with Crippen LogP contribution < -0.4 is 10.6 Å². The summed E-state index contributed by atoms with van der Waals surface area (Å²) in [7, 11) is 0. The van der Waals surface area contributed by atoms with E-state index in [1.54, 1.807) is 6.33 Å². The molecule has 1 fully saturated rings. The highest BCUT2D eigenvalue weighted by molar-refractivity contribution is 5.46. The number of nitrogens with zero attached hydrogens (tertiary/aromatic N) is 2. The van der Waals surface area contributed by atoms with Gasteiger partial charge in [0.25, 0.3) is 0 Å². The summed E-state index contributed by atoms with van der Waals surface area (Å²) in [5.41, 5.74) is 0. The zero-order valence-corrected chi connectivity index (χ0v) is 11.0. The molecule has 0 saturated carbocycles. The summed E-state index contributed by atoms with van der Waals surface area (Å²) in [6.07, 6.45) is 4.97. The molecule has 100 valence electrons. The maximum Gasteiger partial charge on any atom is 0.131 e. The highest BCUT2D eigenvalue weighted by Crippen LogP contribution is 2.16. The molecule has 1 aliphatic heterocycles. The van der Waals surface area contributed by atoms with Crippen molar-refractivity contribution in [2.75, 3.05) is 36.9 Å². The molecule has 0 amide bonds. The van der Waals surface area contributed by atoms with Gasteiger partial charge in [-0.05, 0) is 25.2 Å². The fraction of sp³-hybridized carbons (Fsp3) is 0.692. The number of hydrogen-bond acceptors (Lipinski definition) is 5. The smallest absolute Gasteiger partial charge is 0.131 e. The lowest BCUT2D eigenvalue weighted by Crippen LogP contribution is -2.23. The van der Waals surface area contributed by atoms with Crippen LogP contribution in [0.5, 0.6) is 0 Å². The Kier molecular flexibility index (Phi) is 5.20. The summed E-state index contributed by atoms with van der Waals surface area (Å²) in [6, 6.07) is 1.97. The van der Waals surface area contributed by atoms with Crippen molar-refractivity contribution in [3.8, 4) is 0 Å². The van der Waals surface area contributed by atoms with Gasteiger partial charge in [-0.1, -0.05) is 6.92 Å². The van der Waals surface area contributed by atoms with E-state index in [1.807, 2.05) is 6.07 Å². The molecule has 1 aromatic rings. The monoisotopic (exact) mass is 250 g/mol. The molecule has 5 nitrogen and oxygen atoms in total. The van der Waals surface area contributed by atoms with Gasteiger partial charge in [0.05, 0.1) is 0 Å². The van der Waals surface area contributed by atoms with Gasteiger partial charge in [0, 0.05) is 32.4 Å². The van der Waals surface area contributed by atoms with Crippen molar-refractivity contribution in [3.63, 3.8) is 0 Å². The van der Waals surface area contributed by atoms with Gasteiger partial charge in [-0.15, -0.1) is 0 Å². The van der Waals surface area contributed by atoms with Crippen LogP contribution in [0.3, 0.4) is 0 Å². The van der Waals surface area contributed by atoms with Crippen molar-refractivity contribution in [1.82, 2.24) is 9.97 Å². The second-order valence-corrected chi connectivity index (χ2v) is 4.65. The first-order valence-corrected chi connectivity index (χ1v) is 6.76. The van der Waals surface area contributed by atoms with Crippen LogP contribution in [0.15, 0.2) is 12.4 Å². The van der Waals surface area contributed by atoms with E-state index in [9.17, 15) is 0 Å². The summed E-state index contributed by atoms with van der Waals surface area (Å²) < 4.78 is 5.35. The summed E-state index contributed by atoms with van der Waals surface area (Å²) >= 11 is 0. The van der Waals surface area contributed by atoms with Crippen molar-refractivity contribution in [2.45, 2.75) is 26.2 Å². The van der Waals surface area contributed by atoms with Crippen molar-refractivity contribution in [2.24, 2.45) is 5.92 Å². The quantitative estimate of drug-likeness (QED) is 0.810. The van der Waals surface area contributed by atoms with Gasteiger partial charge in [-0.3, -0.25) is 0 Å². The second kappa shape index (κ2) is 7.16. The van der Waals surface area contributed by atoms with Crippen molar-refractivity contribution < 1.29 is 4.74 Å². The van der Waals surface area contributed by atoms with Crippen LogP contribution in [0.1, 0.15) is 26.2 Å². The third-order valence-electron chi connectivity index (χ3n) is 3.14. The Morgan fingerprint density at radius 3 is 2.67 bits per heavy atom. The van der Waals surface area contributed by atoms with Gasteiger partial charge in [-0.25, -0.2) is 9.97 Å². The Hall–Kier alpha value is -1.36. The lowest BCUT2D eigenvalue weighted by molar-refractivity contribution is 0.0699. The second-order valence-electron chi connectivity index (χ2n) is 4.65. The highest BCUT2D eigenvalue weighted by atomic mass is 16.5. The number of rotatable bonds is 6. The van der Waals surface area contributed by atoms with Crippen LogP contribution in [0.2, 0.25) is 0 Å². The molecule has 1 saturated heterocycles. The minimum atomic E-state index is 0.695. The van der Waals surface area contributed by atoms with Crippen molar-refractivity contribution >= 4 is 11.6 Å². The van der Waals surface area contributed by atoms with Crippen molar-refractivity contribution in [3.05, 3.63) is 12.4 Å². The predicted octanol–water partition coefficient (Wildman–Crippen LogP) is 2.14. The van der Waals surface area contributed by atoms with E-state index in [1.165, 1.54) is 0 Å². The number of ether oxygens (including phenoxy) is 1. The van der Waals surface area contributed by atoms with Gasteiger partial charge < -0.3 is 15.4 Å². The van der Waals surface area contributed by atoms with E-state index in [-0.39, 0.29) is 0 Å². The number of anilines is 2. The first kappa shape index (κ1) is 13.1. The maximum atomic E-state index is 5.35. The summed E-state index contributed by atoms with van der Waals surface area (Å²) in [4.78, 5) is 8.43. The van der Waals surface area contributed by atoms with Gasteiger partial charge in [-0.2, -0.15) is 0 Å². The van der Waals surface area contributed by atoms with Gasteiger partial charge >= 0.3 is 0 Å². The molecule has 0 radical (unpaired) electrons. The van der Waals surface area contributed by atoms with E-state index in [4.69, 9.17) is 4.74 Å². The summed E-state index contributed by atoms with van der Waals surface area (Å²) in [6.45, 7) is 5.82. The number of aromatic nitrogens is 2. The molecule has 0 aliphatic carbocycles. The van der Waals surface area contributed by atoms with Crippen LogP contribution >= 0.6 is 0 Å². The Bertz CT molecular complexity index is 353. The van der Waals surface area contributed by atoms with E-state index in [0.717, 1.165) is 57.2 Å². The molecule has 0 unspecified atom stereocenters. The first-order valence-electron chi connectivity index (χ1n) is 6.76. The molecule has 2 heterocycles. The summed E-state index contributed by atoms with van der Waals surface area (Å²) in [5, 5.41) is 6.65. The minimum absolute atomic E-state index is 0.695. The standard InChI is InChI=1S/C13H22N4O/c1-2-5-14-12-8-13(17-10-16-12)15-9-11-3-6-18-7-4-11/h8,10-11H,2-7,9H2,1H3,(H2,14,15,16,17).